The van der Waals surface area contributed by atoms with Gasteiger partial charge in [-0.2, -0.15) is 0 Å². The highest BCUT2D eigenvalue weighted by Gasteiger charge is 2.10. The first kappa shape index (κ1) is 12.7. The van der Waals surface area contributed by atoms with Crippen LogP contribution in [-0.4, -0.2) is 16.5 Å². The van der Waals surface area contributed by atoms with E-state index in [0.717, 1.165) is 28.2 Å². The summed E-state index contributed by atoms with van der Waals surface area (Å²) in [4.78, 5) is 4.67. The molecule has 0 aliphatic rings. The molecule has 3 rings (SSSR count). The third-order valence-electron chi connectivity index (χ3n) is 3.39. The number of fused-ring (bicyclic) bond motifs is 1. The topological polar surface area (TPSA) is 52.5 Å². The molecule has 2 aromatic heterocycles. The maximum atomic E-state index is 5.67. The molecule has 0 bridgehead atoms. The van der Waals surface area contributed by atoms with E-state index >= 15 is 0 Å². The van der Waals surface area contributed by atoms with Gasteiger partial charge in [-0.25, -0.2) is 4.98 Å². The van der Waals surface area contributed by atoms with Gasteiger partial charge in [-0.05, 0) is 36.8 Å². The first-order valence-corrected chi connectivity index (χ1v) is 6.54. The van der Waals surface area contributed by atoms with Crippen molar-refractivity contribution in [1.82, 2.24) is 9.38 Å². The number of nitrogens with two attached hydrogens (primary N) is 1. The fraction of sp³-hybridized carbons (Fsp3) is 0.188. The van der Waals surface area contributed by atoms with E-state index in [-0.39, 0.29) is 0 Å². The lowest BCUT2D eigenvalue weighted by molar-refractivity contribution is 0.416. The van der Waals surface area contributed by atoms with E-state index in [1.165, 1.54) is 5.56 Å². The van der Waals surface area contributed by atoms with Crippen LogP contribution in [0.3, 0.4) is 0 Å². The summed E-state index contributed by atoms with van der Waals surface area (Å²) in [5.74, 6) is 0.832. The lowest BCUT2D eigenvalue weighted by atomic mass is 10.1. The number of aryl methyl sites for hydroxylation is 1. The number of benzene rings is 1. The molecule has 20 heavy (non-hydrogen) atoms. The van der Waals surface area contributed by atoms with E-state index < -0.39 is 0 Å². The van der Waals surface area contributed by atoms with Crippen LogP contribution in [0.1, 0.15) is 11.1 Å². The molecule has 3 aromatic rings. The summed E-state index contributed by atoms with van der Waals surface area (Å²) >= 11 is 0. The molecule has 0 aliphatic carbocycles. The van der Waals surface area contributed by atoms with Crippen molar-refractivity contribution in [2.24, 2.45) is 5.73 Å². The standard InChI is InChI=1S/C16H17N3O/c1-11-3-4-15(20-2)13(7-11)14-10-19-6-5-12(9-17)8-16(19)18-14/h3-8,10H,9,17H2,1-2H3. The van der Waals surface area contributed by atoms with Crippen molar-refractivity contribution in [1.29, 1.82) is 0 Å². The zero-order valence-electron chi connectivity index (χ0n) is 11.6. The summed E-state index contributed by atoms with van der Waals surface area (Å²) in [6.45, 7) is 2.58. The smallest absolute Gasteiger partial charge is 0.137 e. The second-order valence-electron chi connectivity index (χ2n) is 4.83. The molecule has 0 amide bonds. The monoisotopic (exact) mass is 267 g/mol. The van der Waals surface area contributed by atoms with Crippen molar-refractivity contribution in [3.63, 3.8) is 0 Å². The lowest BCUT2D eigenvalue weighted by Crippen LogP contribution is -1.96. The average Bonchev–Trinajstić information content (AvgIpc) is 2.89. The Hall–Kier alpha value is -2.33. The second kappa shape index (κ2) is 4.98. The fourth-order valence-corrected chi connectivity index (χ4v) is 2.30. The Morgan fingerprint density at radius 1 is 1.25 bits per heavy atom. The summed E-state index contributed by atoms with van der Waals surface area (Å²) in [6, 6.07) is 10.1. The molecule has 4 nitrogen and oxygen atoms in total. The zero-order chi connectivity index (χ0) is 14.1. The number of methoxy groups -OCH3 is 1. The quantitative estimate of drug-likeness (QED) is 0.794. The number of aromatic nitrogens is 2. The highest BCUT2D eigenvalue weighted by atomic mass is 16.5. The lowest BCUT2D eigenvalue weighted by Gasteiger charge is -2.06. The third kappa shape index (κ3) is 2.14. The minimum absolute atomic E-state index is 0.520. The van der Waals surface area contributed by atoms with Gasteiger partial charge in [0.25, 0.3) is 0 Å². The fourth-order valence-electron chi connectivity index (χ4n) is 2.30. The minimum Gasteiger partial charge on any atom is -0.496 e. The van der Waals surface area contributed by atoms with Crippen LogP contribution in [0.15, 0.2) is 42.7 Å². The maximum Gasteiger partial charge on any atom is 0.137 e. The van der Waals surface area contributed by atoms with Gasteiger partial charge in [0.15, 0.2) is 0 Å². The van der Waals surface area contributed by atoms with Gasteiger partial charge in [-0.3, -0.25) is 0 Å². The molecule has 4 heteroatoms. The first-order chi connectivity index (χ1) is 9.71. The SMILES string of the molecule is COc1ccc(C)cc1-c1cn2ccc(CN)cc2n1. The van der Waals surface area contributed by atoms with Crippen LogP contribution in [-0.2, 0) is 6.54 Å². The molecule has 0 unspecified atom stereocenters. The van der Waals surface area contributed by atoms with Crippen molar-refractivity contribution < 1.29 is 4.74 Å². The van der Waals surface area contributed by atoms with Gasteiger partial charge in [0.2, 0.25) is 0 Å². The largest absolute Gasteiger partial charge is 0.496 e. The molecule has 1 aromatic carbocycles. The van der Waals surface area contributed by atoms with E-state index in [1.54, 1.807) is 7.11 Å². The summed E-state index contributed by atoms with van der Waals surface area (Å²) in [6.07, 6.45) is 3.99. The number of hydrogen-bond acceptors (Lipinski definition) is 3. The molecule has 0 spiro atoms. The summed E-state index contributed by atoms with van der Waals surface area (Å²) in [5, 5.41) is 0. The van der Waals surface area contributed by atoms with Gasteiger partial charge in [-0.15, -0.1) is 0 Å². The van der Waals surface area contributed by atoms with Gasteiger partial charge in [0.05, 0.1) is 12.8 Å². The Kier molecular flexibility index (Phi) is 3.16. The molecule has 0 saturated carbocycles. The predicted molar refractivity (Wildman–Crippen MR) is 79.8 cm³/mol. The number of imidazole rings is 1. The van der Waals surface area contributed by atoms with Crippen LogP contribution in [0.5, 0.6) is 5.75 Å². The highest BCUT2D eigenvalue weighted by Crippen LogP contribution is 2.30. The first-order valence-electron chi connectivity index (χ1n) is 6.54. The van der Waals surface area contributed by atoms with Crippen molar-refractivity contribution in [3.8, 4) is 17.0 Å². The van der Waals surface area contributed by atoms with Gasteiger partial charge < -0.3 is 14.9 Å². The van der Waals surface area contributed by atoms with Gasteiger partial charge >= 0.3 is 0 Å². The van der Waals surface area contributed by atoms with E-state index in [9.17, 15) is 0 Å². The second-order valence-corrected chi connectivity index (χ2v) is 4.83. The molecule has 2 N–H and O–H groups in total. The van der Waals surface area contributed by atoms with Crippen LogP contribution in [0, 0.1) is 6.92 Å². The van der Waals surface area contributed by atoms with Crippen molar-refractivity contribution >= 4 is 5.65 Å². The van der Waals surface area contributed by atoms with Gasteiger partial charge in [0, 0.05) is 24.5 Å². The zero-order valence-corrected chi connectivity index (χ0v) is 11.6. The highest BCUT2D eigenvalue weighted by molar-refractivity contribution is 5.70. The average molecular weight is 267 g/mol. The van der Waals surface area contributed by atoms with Crippen molar-refractivity contribution in [2.45, 2.75) is 13.5 Å². The molecular formula is C16H17N3O. The van der Waals surface area contributed by atoms with Crippen LogP contribution in [0.25, 0.3) is 16.9 Å². The molecule has 0 fully saturated rings. The molecule has 2 heterocycles. The number of nitrogens with zero attached hydrogens (tertiary/aromatic N) is 2. The van der Waals surface area contributed by atoms with Gasteiger partial charge in [0.1, 0.15) is 11.4 Å². The van der Waals surface area contributed by atoms with Crippen LogP contribution in [0.4, 0.5) is 0 Å². The molecule has 0 atom stereocenters. The Balaban J connectivity index is 2.17. The summed E-state index contributed by atoms with van der Waals surface area (Å²) in [5.41, 5.74) is 10.7. The normalized spacial score (nSPS) is 10.9. The Morgan fingerprint density at radius 2 is 2.10 bits per heavy atom. The van der Waals surface area contributed by atoms with Crippen LogP contribution < -0.4 is 10.5 Å². The predicted octanol–water partition coefficient (Wildman–Crippen LogP) is 2.78. The Bertz CT molecular complexity index is 762. The maximum absolute atomic E-state index is 5.67. The van der Waals surface area contributed by atoms with Crippen molar-refractivity contribution in [2.75, 3.05) is 7.11 Å². The van der Waals surface area contributed by atoms with Crippen LogP contribution >= 0.6 is 0 Å². The molecule has 102 valence electrons. The van der Waals surface area contributed by atoms with E-state index in [1.807, 2.05) is 41.1 Å². The number of pyridine rings is 1. The molecule has 0 aliphatic heterocycles. The summed E-state index contributed by atoms with van der Waals surface area (Å²) in [7, 11) is 1.68. The third-order valence-corrected chi connectivity index (χ3v) is 3.39. The van der Waals surface area contributed by atoms with E-state index in [0.29, 0.717) is 6.54 Å². The number of rotatable bonds is 3. The van der Waals surface area contributed by atoms with E-state index in [2.05, 4.69) is 18.0 Å². The van der Waals surface area contributed by atoms with E-state index in [4.69, 9.17) is 10.5 Å². The van der Waals surface area contributed by atoms with Gasteiger partial charge in [-0.1, -0.05) is 11.6 Å². The molecule has 0 saturated heterocycles. The Morgan fingerprint density at radius 3 is 2.85 bits per heavy atom. The summed E-state index contributed by atoms with van der Waals surface area (Å²) < 4.78 is 7.42. The number of hydrogen-bond donors (Lipinski definition) is 1. The molecular weight excluding hydrogens is 250 g/mol. The minimum atomic E-state index is 0.520. The molecule has 0 radical (unpaired) electrons. The van der Waals surface area contributed by atoms with Crippen LogP contribution in [0.2, 0.25) is 0 Å². The van der Waals surface area contributed by atoms with Crippen molar-refractivity contribution in [3.05, 3.63) is 53.9 Å². The Labute approximate surface area is 117 Å². The number of ether oxygens (including phenoxy) is 1.